The van der Waals surface area contributed by atoms with E-state index in [1.165, 1.54) is 11.1 Å². The molecule has 2 heterocycles. The lowest BCUT2D eigenvalue weighted by molar-refractivity contribution is -0.117. The van der Waals surface area contributed by atoms with Crippen molar-refractivity contribution >= 4 is 11.6 Å². The van der Waals surface area contributed by atoms with Gasteiger partial charge in [-0.25, -0.2) is 0 Å². The van der Waals surface area contributed by atoms with Gasteiger partial charge in [0.2, 0.25) is 17.7 Å². The Balaban J connectivity index is 1.46. The van der Waals surface area contributed by atoms with Gasteiger partial charge in [0.1, 0.15) is 5.75 Å². The Bertz CT molecular complexity index is 999. The largest absolute Gasteiger partial charge is 0.495 e. The molecule has 2 aromatic carbocycles. The number of aryl methyl sites for hydroxylation is 1. The van der Waals surface area contributed by atoms with Crippen molar-refractivity contribution in [2.75, 3.05) is 25.5 Å². The summed E-state index contributed by atoms with van der Waals surface area (Å²) in [4.78, 5) is 14.8. The molecule has 1 aliphatic heterocycles. The molecular formula is C21H22N4O3. The molecule has 1 aliphatic rings. The number of rotatable bonds is 5. The summed E-state index contributed by atoms with van der Waals surface area (Å²) < 4.78 is 10.9. The minimum atomic E-state index is -0.0865. The van der Waals surface area contributed by atoms with Gasteiger partial charge in [0, 0.05) is 25.6 Å². The standard InChI is InChI=1S/C21H22N4O3/c1-14-23-24-21(28-14)16-7-8-19(27-2)18(11-16)22-20(26)13-25-10-9-15-5-3-4-6-17(15)12-25/h3-8,11H,9-10,12-13H2,1-2H3,(H,22,26). The van der Waals surface area contributed by atoms with Crippen LogP contribution < -0.4 is 10.1 Å². The molecule has 0 fully saturated rings. The Hall–Kier alpha value is -3.19. The van der Waals surface area contributed by atoms with E-state index in [9.17, 15) is 4.79 Å². The van der Waals surface area contributed by atoms with Crippen LogP contribution in [0.5, 0.6) is 5.75 Å². The zero-order valence-electron chi connectivity index (χ0n) is 15.9. The highest BCUT2D eigenvalue weighted by atomic mass is 16.5. The average Bonchev–Trinajstić information content (AvgIpc) is 3.14. The second kappa shape index (κ2) is 7.82. The third-order valence-electron chi connectivity index (χ3n) is 4.82. The minimum absolute atomic E-state index is 0.0865. The maximum absolute atomic E-state index is 12.7. The number of ether oxygens (including phenoxy) is 1. The first-order valence-corrected chi connectivity index (χ1v) is 9.20. The van der Waals surface area contributed by atoms with Crippen LogP contribution in [0.25, 0.3) is 11.5 Å². The zero-order chi connectivity index (χ0) is 19.5. The van der Waals surface area contributed by atoms with Gasteiger partial charge in [0.05, 0.1) is 19.3 Å². The number of nitrogens with one attached hydrogen (secondary N) is 1. The molecule has 1 amide bonds. The van der Waals surface area contributed by atoms with Crippen molar-refractivity contribution in [1.29, 1.82) is 0 Å². The van der Waals surface area contributed by atoms with E-state index in [0.717, 1.165) is 25.1 Å². The molecule has 1 N–H and O–H groups in total. The Morgan fingerprint density at radius 2 is 2.04 bits per heavy atom. The lowest BCUT2D eigenvalue weighted by Crippen LogP contribution is -2.37. The van der Waals surface area contributed by atoms with Crippen LogP contribution in [0, 0.1) is 6.92 Å². The number of aromatic nitrogens is 2. The van der Waals surface area contributed by atoms with Gasteiger partial charge in [-0.2, -0.15) is 0 Å². The van der Waals surface area contributed by atoms with E-state index in [0.29, 0.717) is 29.8 Å². The van der Waals surface area contributed by atoms with Crippen molar-refractivity contribution in [3.8, 4) is 17.2 Å². The first-order valence-electron chi connectivity index (χ1n) is 9.20. The first kappa shape index (κ1) is 18.2. The maximum Gasteiger partial charge on any atom is 0.247 e. The van der Waals surface area contributed by atoms with Crippen LogP contribution in [0.4, 0.5) is 5.69 Å². The molecule has 0 unspecified atom stereocenters. The van der Waals surface area contributed by atoms with Gasteiger partial charge in [-0.05, 0) is 35.7 Å². The highest BCUT2D eigenvalue weighted by Gasteiger charge is 2.19. The van der Waals surface area contributed by atoms with Crippen LogP contribution in [-0.4, -0.2) is 41.2 Å². The highest BCUT2D eigenvalue weighted by Crippen LogP contribution is 2.30. The van der Waals surface area contributed by atoms with Gasteiger partial charge in [-0.15, -0.1) is 10.2 Å². The summed E-state index contributed by atoms with van der Waals surface area (Å²) in [5.74, 6) is 1.39. The van der Waals surface area contributed by atoms with Gasteiger partial charge >= 0.3 is 0 Å². The number of amides is 1. The molecule has 7 nitrogen and oxygen atoms in total. The zero-order valence-corrected chi connectivity index (χ0v) is 15.9. The van der Waals surface area contributed by atoms with Gasteiger partial charge < -0.3 is 14.5 Å². The van der Waals surface area contributed by atoms with E-state index in [1.54, 1.807) is 26.2 Å². The van der Waals surface area contributed by atoms with Gasteiger partial charge in [0.15, 0.2) is 0 Å². The predicted octanol–water partition coefficient (Wildman–Crippen LogP) is 3.05. The fourth-order valence-electron chi connectivity index (χ4n) is 3.43. The smallest absolute Gasteiger partial charge is 0.247 e. The van der Waals surface area contributed by atoms with Crippen molar-refractivity contribution in [2.45, 2.75) is 19.9 Å². The molecule has 3 aromatic rings. The molecular weight excluding hydrogens is 356 g/mol. The lowest BCUT2D eigenvalue weighted by Gasteiger charge is -2.28. The maximum atomic E-state index is 12.7. The van der Waals surface area contributed by atoms with Crippen LogP contribution in [0.1, 0.15) is 17.0 Å². The Morgan fingerprint density at radius 1 is 1.21 bits per heavy atom. The fraction of sp³-hybridized carbons (Fsp3) is 0.286. The topological polar surface area (TPSA) is 80.5 Å². The third kappa shape index (κ3) is 3.89. The van der Waals surface area contributed by atoms with Crippen molar-refractivity contribution in [3.63, 3.8) is 0 Å². The second-order valence-electron chi connectivity index (χ2n) is 6.82. The normalized spacial score (nSPS) is 13.8. The van der Waals surface area contributed by atoms with E-state index in [1.807, 2.05) is 12.1 Å². The Morgan fingerprint density at radius 3 is 2.79 bits per heavy atom. The molecule has 0 saturated carbocycles. The number of nitrogens with zero attached hydrogens (tertiary/aromatic N) is 3. The van der Waals surface area contributed by atoms with Crippen molar-refractivity contribution < 1.29 is 13.9 Å². The number of hydrogen-bond donors (Lipinski definition) is 1. The van der Waals surface area contributed by atoms with Crippen LogP contribution in [0.15, 0.2) is 46.9 Å². The Kier molecular flexibility index (Phi) is 5.08. The molecule has 0 radical (unpaired) electrons. The number of anilines is 1. The number of benzene rings is 2. The van der Waals surface area contributed by atoms with E-state index in [2.05, 4.69) is 38.6 Å². The van der Waals surface area contributed by atoms with Crippen LogP contribution in [-0.2, 0) is 17.8 Å². The molecule has 0 spiro atoms. The van der Waals surface area contributed by atoms with E-state index < -0.39 is 0 Å². The summed E-state index contributed by atoms with van der Waals surface area (Å²) in [6.45, 7) is 3.70. The molecule has 0 aliphatic carbocycles. The van der Waals surface area contributed by atoms with Gasteiger partial charge in [-0.1, -0.05) is 24.3 Å². The summed E-state index contributed by atoms with van der Waals surface area (Å²) in [6, 6.07) is 13.8. The van der Waals surface area contributed by atoms with Crippen LogP contribution >= 0.6 is 0 Å². The summed E-state index contributed by atoms with van der Waals surface area (Å²) in [6.07, 6.45) is 0.957. The predicted molar refractivity (Wildman–Crippen MR) is 105 cm³/mol. The number of carbonyl (C=O) groups excluding carboxylic acids is 1. The SMILES string of the molecule is COc1ccc(-c2nnc(C)o2)cc1NC(=O)CN1CCc2ccccc2C1. The van der Waals surface area contributed by atoms with E-state index in [4.69, 9.17) is 9.15 Å². The number of methoxy groups -OCH3 is 1. The first-order chi connectivity index (χ1) is 13.6. The number of fused-ring (bicyclic) bond motifs is 1. The molecule has 0 bridgehead atoms. The Labute approximate surface area is 163 Å². The average molecular weight is 378 g/mol. The molecule has 7 heteroatoms. The van der Waals surface area contributed by atoms with E-state index >= 15 is 0 Å². The van der Waals surface area contributed by atoms with Crippen molar-refractivity contribution in [2.24, 2.45) is 0 Å². The van der Waals surface area contributed by atoms with E-state index in [-0.39, 0.29) is 5.91 Å². The quantitative estimate of drug-likeness (QED) is 0.735. The van der Waals surface area contributed by atoms with Crippen molar-refractivity contribution in [3.05, 3.63) is 59.5 Å². The third-order valence-corrected chi connectivity index (χ3v) is 4.82. The number of carbonyl (C=O) groups is 1. The van der Waals surface area contributed by atoms with Crippen molar-refractivity contribution in [1.82, 2.24) is 15.1 Å². The molecule has 1 aromatic heterocycles. The summed E-state index contributed by atoms with van der Waals surface area (Å²) in [7, 11) is 1.57. The summed E-state index contributed by atoms with van der Waals surface area (Å²) in [5.41, 5.74) is 3.96. The van der Waals surface area contributed by atoms with Crippen LogP contribution in [0.3, 0.4) is 0 Å². The fourth-order valence-corrected chi connectivity index (χ4v) is 3.43. The molecule has 4 rings (SSSR count). The second-order valence-corrected chi connectivity index (χ2v) is 6.82. The molecule has 0 atom stereocenters. The molecule has 28 heavy (non-hydrogen) atoms. The van der Waals surface area contributed by atoms with Gasteiger partial charge in [-0.3, -0.25) is 9.69 Å². The minimum Gasteiger partial charge on any atom is -0.495 e. The summed E-state index contributed by atoms with van der Waals surface area (Å²) >= 11 is 0. The van der Waals surface area contributed by atoms with Crippen LogP contribution in [0.2, 0.25) is 0 Å². The lowest BCUT2D eigenvalue weighted by atomic mass is 10.00. The van der Waals surface area contributed by atoms with Gasteiger partial charge in [0.25, 0.3) is 0 Å². The molecule has 0 saturated heterocycles. The summed E-state index contributed by atoms with van der Waals surface area (Å²) in [5, 5.41) is 10.8. The highest BCUT2D eigenvalue weighted by molar-refractivity contribution is 5.94. The monoisotopic (exact) mass is 378 g/mol. The number of hydrogen-bond acceptors (Lipinski definition) is 6. The molecule has 144 valence electrons.